The van der Waals surface area contributed by atoms with Crippen LogP contribution >= 0.6 is 0 Å². The van der Waals surface area contributed by atoms with E-state index in [-0.39, 0.29) is 0 Å². The average molecular weight is 243 g/mol. The van der Waals surface area contributed by atoms with Crippen LogP contribution in [-0.2, 0) is 19.5 Å². The van der Waals surface area contributed by atoms with Gasteiger partial charge < -0.3 is 15.2 Å². The molecule has 0 bridgehead atoms. The van der Waals surface area contributed by atoms with Gasteiger partial charge in [-0.1, -0.05) is 0 Å². The molecule has 3 rings (SSSR count). The van der Waals surface area contributed by atoms with Gasteiger partial charge in [-0.3, -0.25) is 4.98 Å². The van der Waals surface area contributed by atoms with E-state index in [1.165, 1.54) is 11.4 Å². The average Bonchev–Trinajstić information content (AvgIpc) is 2.83. The number of pyridine rings is 1. The van der Waals surface area contributed by atoms with Crippen LogP contribution in [0.4, 0.5) is 5.69 Å². The van der Waals surface area contributed by atoms with Gasteiger partial charge >= 0.3 is 0 Å². The predicted molar refractivity (Wildman–Crippen MR) is 70.3 cm³/mol. The van der Waals surface area contributed by atoms with Crippen molar-refractivity contribution in [2.75, 3.05) is 18.0 Å². The van der Waals surface area contributed by atoms with Gasteiger partial charge in [0.15, 0.2) is 0 Å². The Balaban J connectivity index is 1.86. The maximum atomic E-state index is 5.63. The van der Waals surface area contributed by atoms with Crippen LogP contribution in [0.25, 0.3) is 0 Å². The maximum absolute atomic E-state index is 5.63. The molecule has 0 spiro atoms. The van der Waals surface area contributed by atoms with Crippen LogP contribution in [0, 0.1) is 0 Å². The van der Waals surface area contributed by atoms with E-state index in [0.717, 1.165) is 31.7 Å². The summed E-state index contributed by atoms with van der Waals surface area (Å²) in [5.74, 6) is 0. The van der Waals surface area contributed by atoms with Gasteiger partial charge in [-0.05, 0) is 18.7 Å². The number of rotatable bonds is 3. The van der Waals surface area contributed by atoms with E-state index >= 15 is 0 Å². The molecular weight excluding hydrogens is 226 g/mol. The zero-order valence-corrected chi connectivity index (χ0v) is 10.3. The summed E-state index contributed by atoms with van der Waals surface area (Å²) in [4.78, 5) is 11.0. The lowest BCUT2D eigenvalue weighted by atomic mass is 10.2. The van der Waals surface area contributed by atoms with Crippen molar-refractivity contribution >= 4 is 5.69 Å². The minimum absolute atomic E-state index is 0.650. The Morgan fingerprint density at radius 2 is 2.28 bits per heavy atom. The highest BCUT2D eigenvalue weighted by atomic mass is 15.2. The number of fused-ring (bicyclic) bond motifs is 1. The largest absolute Gasteiger partial charge is 0.363 e. The van der Waals surface area contributed by atoms with Crippen molar-refractivity contribution in [1.82, 2.24) is 14.5 Å². The normalized spacial score (nSPS) is 14.6. The Labute approximate surface area is 106 Å². The molecule has 2 aromatic rings. The Morgan fingerprint density at radius 1 is 1.33 bits per heavy atom. The second kappa shape index (κ2) is 4.78. The Hall–Kier alpha value is -1.88. The molecule has 0 aliphatic carbocycles. The molecular formula is C13H17N5. The third-order valence-electron chi connectivity index (χ3n) is 3.38. The first-order valence-electron chi connectivity index (χ1n) is 6.26. The highest BCUT2D eigenvalue weighted by Gasteiger charge is 2.20. The van der Waals surface area contributed by atoms with Gasteiger partial charge in [-0.2, -0.15) is 0 Å². The quantitative estimate of drug-likeness (QED) is 0.866. The van der Waals surface area contributed by atoms with Gasteiger partial charge in [0.1, 0.15) is 0 Å². The minimum Gasteiger partial charge on any atom is -0.363 e. The molecule has 0 fully saturated rings. The summed E-state index contributed by atoms with van der Waals surface area (Å²) in [6.07, 6.45) is 6.50. The van der Waals surface area contributed by atoms with Crippen molar-refractivity contribution in [1.29, 1.82) is 0 Å². The summed E-state index contributed by atoms with van der Waals surface area (Å²) < 4.78 is 2.23. The third kappa shape index (κ3) is 1.97. The first kappa shape index (κ1) is 11.2. The topological polar surface area (TPSA) is 60.0 Å². The molecule has 5 heteroatoms. The SMILES string of the molecule is NCCc1ncn2c1CN(c1cccnc1)CC2. The maximum Gasteiger partial charge on any atom is 0.0952 e. The fraction of sp³-hybridized carbons (Fsp3) is 0.385. The molecule has 94 valence electrons. The first-order valence-corrected chi connectivity index (χ1v) is 6.26. The van der Waals surface area contributed by atoms with E-state index < -0.39 is 0 Å². The second-order valence-electron chi connectivity index (χ2n) is 4.50. The summed E-state index contributed by atoms with van der Waals surface area (Å²) in [7, 11) is 0. The zero-order valence-electron chi connectivity index (χ0n) is 10.3. The van der Waals surface area contributed by atoms with Gasteiger partial charge in [-0.15, -0.1) is 0 Å². The molecule has 0 amide bonds. The van der Waals surface area contributed by atoms with E-state index in [0.29, 0.717) is 6.54 Å². The van der Waals surface area contributed by atoms with Crippen molar-refractivity contribution in [3.63, 3.8) is 0 Å². The minimum atomic E-state index is 0.650. The number of hydrogen-bond acceptors (Lipinski definition) is 4. The number of imidazole rings is 1. The molecule has 0 aromatic carbocycles. The van der Waals surface area contributed by atoms with Gasteiger partial charge in [0.05, 0.1) is 36.1 Å². The molecule has 0 saturated heterocycles. The van der Waals surface area contributed by atoms with Crippen LogP contribution in [0.5, 0.6) is 0 Å². The van der Waals surface area contributed by atoms with Crippen molar-refractivity contribution in [3.8, 4) is 0 Å². The van der Waals surface area contributed by atoms with E-state index in [1.54, 1.807) is 6.20 Å². The molecule has 0 atom stereocenters. The monoisotopic (exact) mass is 243 g/mol. The lowest BCUT2D eigenvalue weighted by molar-refractivity contribution is 0.567. The summed E-state index contributed by atoms with van der Waals surface area (Å²) in [5.41, 5.74) is 9.21. The predicted octanol–water partition coefficient (Wildman–Crippen LogP) is 0.799. The van der Waals surface area contributed by atoms with Crippen LogP contribution in [0.15, 0.2) is 30.9 Å². The molecule has 0 saturated carbocycles. The molecule has 0 radical (unpaired) electrons. The van der Waals surface area contributed by atoms with Crippen molar-refractivity contribution in [3.05, 3.63) is 42.2 Å². The van der Waals surface area contributed by atoms with Gasteiger partial charge in [0, 0.05) is 25.7 Å². The first-order chi connectivity index (χ1) is 8.88. The number of aromatic nitrogens is 3. The second-order valence-corrected chi connectivity index (χ2v) is 4.50. The standard InChI is InChI=1S/C13H17N5/c14-4-3-12-13-9-17(6-7-18(13)10-16-12)11-2-1-5-15-8-11/h1-2,5,8,10H,3-4,6-7,9,14H2. The van der Waals surface area contributed by atoms with Crippen molar-refractivity contribution in [2.45, 2.75) is 19.5 Å². The fourth-order valence-electron chi connectivity index (χ4n) is 2.42. The highest BCUT2D eigenvalue weighted by Crippen LogP contribution is 2.21. The van der Waals surface area contributed by atoms with E-state index in [1.807, 2.05) is 18.6 Å². The van der Waals surface area contributed by atoms with Crippen LogP contribution in [-0.4, -0.2) is 27.6 Å². The molecule has 0 unspecified atom stereocenters. The third-order valence-corrected chi connectivity index (χ3v) is 3.38. The van der Waals surface area contributed by atoms with Crippen LogP contribution in [0.1, 0.15) is 11.4 Å². The molecule has 3 heterocycles. The molecule has 1 aliphatic rings. The molecule has 2 aromatic heterocycles. The van der Waals surface area contributed by atoms with Crippen LogP contribution in [0.3, 0.4) is 0 Å². The van der Waals surface area contributed by atoms with Crippen molar-refractivity contribution < 1.29 is 0 Å². The zero-order chi connectivity index (χ0) is 12.4. The fourth-order valence-corrected chi connectivity index (χ4v) is 2.42. The van der Waals surface area contributed by atoms with E-state index in [2.05, 4.69) is 25.5 Å². The Bertz CT molecular complexity index is 519. The molecule has 18 heavy (non-hydrogen) atoms. The summed E-state index contributed by atoms with van der Waals surface area (Å²) in [6, 6.07) is 4.07. The summed E-state index contributed by atoms with van der Waals surface area (Å²) in [6.45, 7) is 3.51. The molecule has 2 N–H and O–H groups in total. The summed E-state index contributed by atoms with van der Waals surface area (Å²) >= 11 is 0. The van der Waals surface area contributed by atoms with Crippen molar-refractivity contribution in [2.24, 2.45) is 5.73 Å². The lowest BCUT2D eigenvalue weighted by Crippen LogP contribution is -2.33. The van der Waals surface area contributed by atoms with E-state index in [4.69, 9.17) is 5.73 Å². The smallest absolute Gasteiger partial charge is 0.0952 e. The van der Waals surface area contributed by atoms with E-state index in [9.17, 15) is 0 Å². The van der Waals surface area contributed by atoms with Gasteiger partial charge in [0.2, 0.25) is 0 Å². The van der Waals surface area contributed by atoms with Gasteiger partial charge in [0.25, 0.3) is 0 Å². The number of hydrogen-bond donors (Lipinski definition) is 1. The lowest BCUT2D eigenvalue weighted by Gasteiger charge is -2.30. The number of nitrogens with zero attached hydrogens (tertiary/aromatic N) is 4. The van der Waals surface area contributed by atoms with Gasteiger partial charge in [-0.25, -0.2) is 4.98 Å². The van der Waals surface area contributed by atoms with Crippen LogP contribution in [0.2, 0.25) is 0 Å². The number of anilines is 1. The Morgan fingerprint density at radius 3 is 3.06 bits per heavy atom. The Kier molecular flexibility index (Phi) is 2.98. The van der Waals surface area contributed by atoms with Crippen LogP contribution < -0.4 is 10.6 Å². The number of nitrogens with two attached hydrogens (primary N) is 1. The highest BCUT2D eigenvalue weighted by molar-refractivity contribution is 5.45. The molecule has 5 nitrogen and oxygen atoms in total. The molecule has 1 aliphatic heterocycles. The summed E-state index contributed by atoms with van der Waals surface area (Å²) in [5, 5.41) is 0.